The van der Waals surface area contributed by atoms with E-state index in [4.69, 9.17) is 16.3 Å². The molecule has 0 bridgehead atoms. The molecule has 0 aliphatic heterocycles. The second-order valence-corrected chi connectivity index (χ2v) is 6.23. The summed E-state index contributed by atoms with van der Waals surface area (Å²) in [4.78, 5) is 4.15. The van der Waals surface area contributed by atoms with Gasteiger partial charge in [-0.05, 0) is 61.7 Å². The number of rotatable bonds is 6. The zero-order chi connectivity index (χ0) is 17.1. The Morgan fingerprint density at radius 3 is 2.67 bits per heavy atom. The Labute approximate surface area is 145 Å². The van der Waals surface area contributed by atoms with E-state index in [1.807, 2.05) is 38.4 Å². The Bertz CT molecular complexity index is 830. The van der Waals surface area contributed by atoms with Crippen LogP contribution in [0, 0.1) is 5.21 Å². The summed E-state index contributed by atoms with van der Waals surface area (Å²) in [5.74, 6) is 0.773. The zero-order valence-corrected chi connectivity index (χ0v) is 14.4. The average Bonchev–Trinajstić information content (AvgIpc) is 2.89. The Balaban J connectivity index is 1.75. The molecule has 126 valence electrons. The van der Waals surface area contributed by atoms with Crippen LogP contribution in [0.4, 0.5) is 0 Å². The fraction of sp³-hybridized carbons (Fsp3) is 0.294. The van der Waals surface area contributed by atoms with Crippen molar-refractivity contribution >= 4 is 22.6 Å². The minimum absolute atomic E-state index is 0.437. The molecule has 7 heteroatoms. The first kappa shape index (κ1) is 16.5. The molecule has 0 spiro atoms. The number of nitrogens with zero attached hydrogens (tertiary/aromatic N) is 4. The molecule has 0 aliphatic carbocycles. The number of hydrogen-bond acceptors (Lipinski definition) is 4. The van der Waals surface area contributed by atoms with Gasteiger partial charge >= 0.3 is 0 Å². The van der Waals surface area contributed by atoms with E-state index in [9.17, 15) is 5.21 Å². The van der Waals surface area contributed by atoms with Crippen molar-refractivity contribution in [2.45, 2.75) is 6.42 Å². The highest BCUT2D eigenvalue weighted by atomic mass is 35.5. The molecule has 0 saturated heterocycles. The minimum atomic E-state index is 0.437. The summed E-state index contributed by atoms with van der Waals surface area (Å²) in [5.41, 5.74) is 1.70. The molecule has 0 atom stereocenters. The molecule has 0 fully saturated rings. The van der Waals surface area contributed by atoms with Gasteiger partial charge in [-0.1, -0.05) is 11.6 Å². The first-order valence-corrected chi connectivity index (χ1v) is 8.08. The van der Waals surface area contributed by atoms with Crippen molar-refractivity contribution in [3.8, 4) is 11.4 Å². The Morgan fingerprint density at radius 1 is 1.21 bits per heavy atom. The number of hydrogen-bond donors (Lipinski definition) is 0. The lowest BCUT2D eigenvalue weighted by molar-refractivity contribution is -0.664. The topological polar surface area (TPSA) is 57.2 Å². The number of halogens is 1. The number of aromatic nitrogens is 3. The van der Waals surface area contributed by atoms with Crippen LogP contribution in [0.3, 0.4) is 0 Å². The molecular formula is C17H19ClN4O2. The maximum absolute atomic E-state index is 12.4. The third-order valence-electron chi connectivity index (χ3n) is 3.60. The molecule has 24 heavy (non-hydrogen) atoms. The molecule has 0 saturated carbocycles. The van der Waals surface area contributed by atoms with Gasteiger partial charge in [0.15, 0.2) is 0 Å². The maximum atomic E-state index is 12.4. The van der Waals surface area contributed by atoms with Gasteiger partial charge in [-0.2, -0.15) is 0 Å². The quantitative estimate of drug-likeness (QED) is 0.391. The van der Waals surface area contributed by atoms with Gasteiger partial charge < -0.3 is 14.8 Å². The van der Waals surface area contributed by atoms with E-state index in [1.165, 1.54) is 4.80 Å². The van der Waals surface area contributed by atoms with Crippen LogP contribution in [-0.2, 0) is 0 Å². The van der Waals surface area contributed by atoms with Crippen LogP contribution in [0.25, 0.3) is 16.7 Å². The molecule has 0 N–H and O–H groups in total. The molecule has 3 rings (SSSR count). The lowest BCUT2D eigenvalue weighted by Crippen LogP contribution is -2.37. The van der Waals surface area contributed by atoms with Crippen LogP contribution in [-0.4, -0.2) is 42.0 Å². The number of benzene rings is 2. The van der Waals surface area contributed by atoms with Gasteiger partial charge in [-0.25, -0.2) is 0 Å². The number of fused-ring (bicyclic) bond motifs is 1. The summed E-state index contributed by atoms with van der Waals surface area (Å²) in [5, 5.41) is 17.2. The van der Waals surface area contributed by atoms with Crippen LogP contribution in [0.15, 0.2) is 42.5 Å². The van der Waals surface area contributed by atoms with Gasteiger partial charge in [0.05, 0.1) is 11.7 Å². The summed E-state index contributed by atoms with van der Waals surface area (Å²) >= 11 is 5.94. The van der Waals surface area contributed by atoms with Crippen molar-refractivity contribution in [3.63, 3.8) is 0 Å². The van der Waals surface area contributed by atoms with Crippen molar-refractivity contribution in [2.24, 2.45) is 0 Å². The summed E-state index contributed by atoms with van der Waals surface area (Å²) < 4.78 is 5.69. The summed E-state index contributed by atoms with van der Waals surface area (Å²) in [7, 11) is 4.07. The highest BCUT2D eigenvalue weighted by Crippen LogP contribution is 2.18. The highest BCUT2D eigenvalue weighted by molar-refractivity contribution is 6.31. The van der Waals surface area contributed by atoms with Crippen molar-refractivity contribution in [3.05, 3.63) is 52.7 Å². The van der Waals surface area contributed by atoms with Crippen LogP contribution in [0.5, 0.6) is 5.75 Å². The fourth-order valence-electron chi connectivity index (χ4n) is 2.39. The van der Waals surface area contributed by atoms with E-state index >= 15 is 0 Å². The standard InChI is InChI=1S/C17H19ClN4O2/c1-20(2)10-3-11-24-15-7-5-14(6-8-15)21-19-16-9-4-13(18)12-17(16)22(21)23/h4-9,12H,3,10-11H2,1-2H3. The van der Waals surface area contributed by atoms with Gasteiger partial charge in [-0.15, -0.1) is 4.85 Å². The SMILES string of the molecule is CN(C)CCCOc1ccc(-n2nc3ccc(Cl)cc3[n+]2[O-])cc1. The summed E-state index contributed by atoms with van der Waals surface area (Å²) in [6, 6.07) is 12.3. The molecule has 2 aromatic carbocycles. The van der Waals surface area contributed by atoms with E-state index in [0.29, 0.717) is 28.4 Å². The lowest BCUT2D eigenvalue weighted by atomic mass is 10.3. The normalized spacial score (nSPS) is 11.3. The highest BCUT2D eigenvalue weighted by Gasteiger charge is 2.16. The first-order chi connectivity index (χ1) is 11.5. The van der Waals surface area contributed by atoms with E-state index in [2.05, 4.69) is 10.00 Å². The van der Waals surface area contributed by atoms with Gasteiger partial charge in [0.25, 0.3) is 0 Å². The van der Waals surface area contributed by atoms with E-state index < -0.39 is 0 Å². The largest absolute Gasteiger partial charge is 0.692 e. The smallest absolute Gasteiger partial charge is 0.250 e. The second kappa shape index (κ2) is 7.07. The molecule has 6 nitrogen and oxygen atoms in total. The molecule has 0 amide bonds. The molecule has 1 aromatic heterocycles. The molecular weight excluding hydrogens is 328 g/mol. The van der Waals surface area contributed by atoms with Crippen LogP contribution in [0.1, 0.15) is 6.42 Å². The first-order valence-electron chi connectivity index (χ1n) is 7.71. The lowest BCUT2D eigenvalue weighted by Gasteiger charge is -2.10. The van der Waals surface area contributed by atoms with Gasteiger partial charge in [0, 0.05) is 17.6 Å². The summed E-state index contributed by atoms with van der Waals surface area (Å²) in [6.45, 7) is 1.64. The average molecular weight is 347 g/mol. The van der Waals surface area contributed by atoms with E-state index in [0.717, 1.165) is 23.6 Å². The Morgan fingerprint density at radius 2 is 1.96 bits per heavy atom. The van der Waals surface area contributed by atoms with Crippen LogP contribution >= 0.6 is 11.6 Å². The van der Waals surface area contributed by atoms with Gasteiger partial charge in [-0.3, -0.25) is 0 Å². The molecule has 3 aromatic rings. The van der Waals surface area contributed by atoms with Crippen molar-refractivity contribution in [2.75, 3.05) is 27.2 Å². The Hall–Kier alpha value is -2.31. The number of ether oxygens (including phenoxy) is 1. The van der Waals surface area contributed by atoms with Crippen molar-refractivity contribution in [1.29, 1.82) is 0 Å². The van der Waals surface area contributed by atoms with E-state index in [-0.39, 0.29) is 0 Å². The van der Waals surface area contributed by atoms with Crippen LogP contribution in [0.2, 0.25) is 5.02 Å². The van der Waals surface area contributed by atoms with Crippen LogP contribution < -0.4 is 9.58 Å². The predicted molar refractivity (Wildman–Crippen MR) is 93.7 cm³/mol. The monoisotopic (exact) mass is 346 g/mol. The van der Waals surface area contributed by atoms with E-state index in [1.54, 1.807) is 18.2 Å². The van der Waals surface area contributed by atoms with Crippen molar-refractivity contribution < 1.29 is 9.58 Å². The zero-order valence-electron chi connectivity index (χ0n) is 13.6. The minimum Gasteiger partial charge on any atom is -0.692 e. The summed E-state index contributed by atoms with van der Waals surface area (Å²) in [6.07, 6.45) is 0.959. The molecule has 1 heterocycles. The fourth-order valence-corrected chi connectivity index (χ4v) is 2.55. The van der Waals surface area contributed by atoms with Crippen molar-refractivity contribution in [1.82, 2.24) is 14.8 Å². The second-order valence-electron chi connectivity index (χ2n) is 5.79. The third kappa shape index (κ3) is 3.60. The molecule has 0 aliphatic rings. The molecule has 0 radical (unpaired) electrons. The maximum Gasteiger partial charge on any atom is 0.250 e. The Kier molecular flexibility index (Phi) is 4.87. The molecule has 0 unspecified atom stereocenters. The predicted octanol–water partition coefficient (Wildman–Crippen LogP) is 2.64. The van der Waals surface area contributed by atoms with Gasteiger partial charge in [0.1, 0.15) is 11.4 Å². The van der Waals surface area contributed by atoms with Gasteiger partial charge in [0.2, 0.25) is 11.0 Å². The third-order valence-corrected chi connectivity index (χ3v) is 3.84.